The average Bonchev–Trinajstić information content (AvgIpc) is 2.90. The Kier molecular flexibility index (Phi) is 12.7. The van der Waals surface area contributed by atoms with Crippen LogP contribution in [0.2, 0.25) is 0 Å². The number of carbonyl (C=O) groups excluding carboxylic acids is 3. The number of carboxylic acids is 1. The zero-order valence-electron chi connectivity index (χ0n) is 19.2. The molecule has 0 radical (unpaired) electrons. The van der Waals surface area contributed by atoms with Gasteiger partial charge in [0.05, 0.1) is 32.0 Å². The van der Waals surface area contributed by atoms with Gasteiger partial charge in [-0.15, -0.1) is 0 Å². The summed E-state index contributed by atoms with van der Waals surface area (Å²) in [5.74, 6) is -0.884. The van der Waals surface area contributed by atoms with E-state index in [1.807, 2.05) is 24.3 Å². The van der Waals surface area contributed by atoms with Crippen molar-refractivity contribution in [2.45, 2.75) is 0 Å². The van der Waals surface area contributed by atoms with Crippen LogP contribution in [0.1, 0.15) is 20.7 Å². The molecule has 2 aromatic rings. The van der Waals surface area contributed by atoms with Crippen LogP contribution in [0.5, 0.6) is 0 Å². The molecule has 1 N–H and O–H groups in total. The van der Waals surface area contributed by atoms with Gasteiger partial charge in [-0.2, -0.15) is 0 Å². The quantitative estimate of drug-likeness (QED) is 0.433. The van der Waals surface area contributed by atoms with Gasteiger partial charge in [-0.05, 0) is 71.2 Å². The third-order valence-electron chi connectivity index (χ3n) is 5.07. The molecule has 0 saturated carbocycles. The molecule has 0 unspecified atom stereocenters. The monoisotopic (exact) mass is 558 g/mol. The van der Waals surface area contributed by atoms with Crippen molar-refractivity contribution in [2.75, 3.05) is 62.4 Å². The van der Waals surface area contributed by atoms with Crippen molar-refractivity contribution in [3.05, 3.63) is 59.7 Å². The Labute approximate surface area is 223 Å². The predicted molar refractivity (Wildman–Crippen MR) is 138 cm³/mol. The molecule has 2 saturated heterocycles. The largest absolute Gasteiger partial charge is 0.478 e. The van der Waals surface area contributed by atoms with Gasteiger partial charge in [0.15, 0.2) is 0 Å². The van der Waals surface area contributed by atoms with E-state index in [1.165, 1.54) is 0 Å². The van der Waals surface area contributed by atoms with Gasteiger partial charge in [-0.25, -0.2) is 4.79 Å². The van der Waals surface area contributed by atoms with Crippen molar-refractivity contribution in [2.24, 2.45) is 0 Å². The Hall–Kier alpha value is -2.69. The number of benzene rings is 2. The summed E-state index contributed by atoms with van der Waals surface area (Å²) < 4.78 is 10.5. The highest BCUT2D eigenvalue weighted by molar-refractivity contribution is 6.97. The number of hydrogen-bond acceptors (Lipinski definition) is 8. The van der Waals surface area contributed by atoms with Crippen LogP contribution in [0.25, 0.3) is 0 Å². The molecule has 2 fully saturated rings. The van der Waals surface area contributed by atoms with E-state index in [2.05, 4.69) is 33.0 Å². The second-order valence-corrected chi connectivity index (χ2v) is 8.46. The number of halogens is 3. The van der Waals surface area contributed by atoms with Crippen LogP contribution in [0, 0.1) is 0 Å². The molecule has 0 bridgehead atoms. The minimum absolute atomic E-state index is 0.332. The van der Waals surface area contributed by atoms with Crippen molar-refractivity contribution < 1.29 is 33.8 Å². The molecule has 2 heterocycles. The number of nitrogens with zero attached hydrogens (tertiary/aromatic N) is 2. The van der Waals surface area contributed by atoms with E-state index in [0.717, 1.165) is 50.8 Å². The number of ether oxygens (including phenoxy) is 2. The highest BCUT2D eigenvalue weighted by atomic mass is 35.5. The average molecular weight is 560 g/mol. The number of rotatable bonds is 5. The molecule has 2 aromatic carbocycles. The maximum Gasteiger partial charge on any atom is 0.335 e. The smallest absolute Gasteiger partial charge is 0.335 e. The first kappa shape index (κ1) is 29.5. The van der Waals surface area contributed by atoms with E-state index in [4.69, 9.17) is 26.2 Å². The number of carboxylic acid groups (broad SMARTS) is 1. The molecule has 12 heteroatoms. The summed E-state index contributed by atoms with van der Waals surface area (Å²) in [4.78, 5) is 45.0. The molecule has 4 rings (SSSR count). The first-order chi connectivity index (χ1) is 17.2. The number of hydrogen-bond donors (Lipinski definition) is 1. The molecule has 0 atom stereocenters. The van der Waals surface area contributed by atoms with E-state index in [1.54, 1.807) is 24.3 Å². The molecule has 2 aliphatic heterocycles. The maximum atomic E-state index is 11.0. The van der Waals surface area contributed by atoms with Crippen molar-refractivity contribution >= 4 is 67.9 Å². The number of morpholine rings is 2. The lowest BCUT2D eigenvalue weighted by atomic mass is 10.2. The Balaban J connectivity index is 0.000000208. The first-order valence-electron chi connectivity index (χ1n) is 10.9. The number of carbonyl (C=O) groups is 4. The lowest BCUT2D eigenvalue weighted by Crippen LogP contribution is -2.36. The van der Waals surface area contributed by atoms with Crippen LogP contribution in [0.4, 0.5) is 11.4 Å². The Bertz CT molecular complexity index is 972. The molecule has 194 valence electrons. The summed E-state index contributed by atoms with van der Waals surface area (Å²) in [6.45, 7) is 6.25. The minimum atomic E-state index is -1.14. The van der Waals surface area contributed by atoms with Gasteiger partial charge in [-0.1, -0.05) is 12.1 Å². The van der Waals surface area contributed by atoms with Crippen molar-refractivity contribution in [1.29, 1.82) is 0 Å². The Morgan fingerprint density at radius 1 is 0.667 bits per heavy atom. The zero-order valence-corrected chi connectivity index (χ0v) is 21.5. The van der Waals surface area contributed by atoms with Gasteiger partial charge < -0.3 is 24.4 Å². The SMILES string of the molecule is O=C(Cl)C(=O)Cl.O=C(Cl)c1cccc(N2CCOCC2)c1.O=C(O)c1cccc(N2CCOCC2)c1. The van der Waals surface area contributed by atoms with Crippen LogP contribution in [0.15, 0.2) is 48.5 Å². The van der Waals surface area contributed by atoms with E-state index < -0.39 is 21.7 Å². The van der Waals surface area contributed by atoms with Gasteiger partial charge >= 0.3 is 16.5 Å². The molecule has 9 nitrogen and oxygen atoms in total. The van der Waals surface area contributed by atoms with Gasteiger partial charge in [0.25, 0.3) is 5.24 Å². The summed E-state index contributed by atoms with van der Waals surface area (Å²) in [7, 11) is 0. The Morgan fingerprint density at radius 3 is 1.42 bits per heavy atom. The summed E-state index contributed by atoms with van der Waals surface area (Å²) in [6, 6.07) is 14.4. The van der Waals surface area contributed by atoms with Crippen molar-refractivity contribution in [1.82, 2.24) is 0 Å². The molecule has 0 aliphatic carbocycles. The van der Waals surface area contributed by atoms with Crippen LogP contribution in [0.3, 0.4) is 0 Å². The number of aromatic carboxylic acids is 1. The molecule has 2 aliphatic rings. The van der Waals surface area contributed by atoms with E-state index in [9.17, 15) is 19.2 Å². The lowest BCUT2D eigenvalue weighted by Gasteiger charge is -2.28. The van der Waals surface area contributed by atoms with E-state index in [-0.39, 0.29) is 0 Å². The summed E-state index contributed by atoms with van der Waals surface area (Å²) in [6.07, 6.45) is 0. The second kappa shape index (κ2) is 15.4. The summed E-state index contributed by atoms with van der Waals surface area (Å²) in [5.41, 5.74) is 2.86. The second-order valence-electron chi connectivity index (χ2n) is 7.43. The molecule has 0 spiro atoms. The van der Waals surface area contributed by atoms with Gasteiger partial charge in [0, 0.05) is 43.1 Å². The molecule has 0 aromatic heterocycles. The van der Waals surface area contributed by atoms with Crippen molar-refractivity contribution in [3.8, 4) is 0 Å². The maximum absolute atomic E-state index is 11.0. The van der Waals surface area contributed by atoms with E-state index in [0.29, 0.717) is 24.3 Å². The van der Waals surface area contributed by atoms with Gasteiger partial charge in [-0.3, -0.25) is 14.4 Å². The number of anilines is 2. The fourth-order valence-corrected chi connectivity index (χ4v) is 3.42. The van der Waals surface area contributed by atoms with Crippen LogP contribution < -0.4 is 9.80 Å². The topological polar surface area (TPSA) is 113 Å². The zero-order chi connectivity index (χ0) is 26.5. The fraction of sp³-hybridized carbons (Fsp3) is 0.333. The highest BCUT2D eigenvalue weighted by Gasteiger charge is 2.13. The normalized spacial score (nSPS) is 15.0. The van der Waals surface area contributed by atoms with E-state index >= 15 is 0 Å². The molecule has 0 amide bonds. The van der Waals surface area contributed by atoms with Crippen molar-refractivity contribution in [3.63, 3.8) is 0 Å². The third kappa shape index (κ3) is 10.1. The van der Waals surface area contributed by atoms with Gasteiger partial charge in [0.2, 0.25) is 0 Å². The molecular formula is C24H25Cl3N2O7. The summed E-state index contributed by atoms with van der Waals surface area (Å²) in [5, 5.41) is 6.17. The molecular weight excluding hydrogens is 535 g/mol. The third-order valence-corrected chi connectivity index (χ3v) is 5.73. The van der Waals surface area contributed by atoms with Crippen LogP contribution in [-0.4, -0.2) is 79.4 Å². The standard InChI is InChI=1S/C11H12ClNO2.C11H13NO3.C2Cl2O2/c12-11(14)9-2-1-3-10(8-9)13-4-6-15-7-5-13;13-11(14)9-2-1-3-10(8-9)12-4-6-15-7-5-12;3-1(5)2(4)6/h1-3,8H,4-7H2;1-3,8H,4-7H2,(H,13,14);. The lowest BCUT2D eigenvalue weighted by molar-refractivity contribution is -0.127. The van der Waals surface area contributed by atoms with Gasteiger partial charge in [0.1, 0.15) is 0 Å². The van der Waals surface area contributed by atoms with Crippen LogP contribution in [-0.2, 0) is 19.1 Å². The predicted octanol–water partition coefficient (Wildman–Crippen LogP) is 3.64. The molecule has 36 heavy (non-hydrogen) atoms. The Morgan fingerprint density at radius 2 is 1.06 bits per heavy atom. The fourth-order valence-electron chi connectivity index (χ4n) is 3.30. The van der Waals surface area contributed by atoms with Crippen LogP contribution >= 0.6 is 34.8 Å². The highest BCUT2D eigenvalue weighted by Crippen LogP contribution is 2.19. The minimum Gasteiger partial charge on any atom is -0.478 e. The summed E-state index contributed by atoms with van der Waals surface area (Å²) >= 11 is 14.4. The first-order valence-corrected chi connectivity index (χ1v) is 12.0.